The second kappa shape index (κ2) is 11.0. The Kier molecular flexibility index (Phi) is 7.34. The van der Waals surface area contributed by atoms with Crippen LogP contribution in [0.2, 0.25) is 0 Å². The third-order valence-electron chi connectivity index (χ3n) is 6.57. The first-order valence-corrected chi connectivity index (χ1v) is 13.2. The van der Waals surface area contributed by atoms with Crippen LogP contribution >= 0.6 is 11.8 Å². The van der Waals surface area contributed by atoms with Crippen molar-refractivity contribution < 1.29 is 4.79 Å². The summed E-state index contributed by atoms with van der Waals surface area (Å²) in [6, 6.07) is 26.9. The normalized spacial score (nSPS) is 18.3. The van der Waals surface area contributed by atoms with Gasteiger partial charge in [-0.25, -0.2) is 4.99 Å². The number of rotatable bonds is 7. The molecular weight excluding hydrogens is 450 g/mol. The maximum atomic E-state index is 13.5. The van der Waals surface area contributed by atoms with Crippen molar-refractivity contribution in [3.63, 3.8) is 0 Å². The lowest BCUT2D eigenvalue weighted by Crippen LogP contribution is -2.30. The van der Waals surface area contributed by atoms with E-state index in [2.05, 4.69) is 54.3 Å². The number of hydrogen-bond donors (Lipinski definition) is 0. The fourth-order valence-electron chi connectivity index (χ4n) is 4.62. The monoisotopic (exact) mass is 481 g/mol. The number of thioether (sulfide) groups is 1. The third kappa shape index (κ3) is 5.68. The van der Waals surface area contributed by atoms with Crippen molar-refractivity contribution >= 4 is 40.3 Å². The number of nitrogens with zero attached hydrogens (tertiary/aromatic N) is 3. The molecule has 2 aliphatic heterocycles. The Morgan fingerprint density at radius 3 is 2.37 bits per heavy atom. The minimum Gasteiger partial charge on any atom is -0.372 e. The van der Waals surface area contributed by atoms with Gasteiger partial charge in [0.2, 0.25) is 0 Å². The fourth-order valence-corrected chi connectivity index (χ4v) is 5.64. The van der Waals surface area contributed by atoms with Crippen molar-refractivity contribution in [3.8, 4) is 0 Å². The number of carbonyl (C=O) groups is 1. The van der Waals surface area contributed by atoms with Gasteiger partial charge in [0, 0.05) is 25.3 Å². The van der Waals surface area contributed by atoms with Gasteiger partial charge in [-0.3, -0.25) is 9.69 Å². The molecular formula is C30H31N3OS. The average molecular weight is 482 g/mol. The molecule has 0 atom stereocenters. The molecule has 0 radical (unpaired) electrons. The molecule has 35 heavy (non-hydrogen) atoms. The maximum absolute atomic E-state index is 13.5. The highest BCUT2D eigenvalue weighted by Crippen LogP contribution is 2.35. The predicted octanol–water partition coefficient (Wildman–Crippen LogP) is 6.83. The highest BCUT2D eigenvalue weighted by atomic mass is 32.2. The van der Waals surface area contributed by atoms with E-state index in [0.717, 1.165) is 47.3 Å². The fraction of sp³-hybridized carbons (Fsp3) is 0.267. The number of anilines is 1. The van der Waals surface area contributed by atoms with E-state index in [1.54, 1.807) is 0 Å². The molecule has 3 aromatic rings. The zero-order valence-corrected chi connectivity index (χ0v) is 21.0. The lowest BCUT2D eigenvalue weighted by atomic mass is 10.1. The summed E-state index contributed by atoms with van der Waals surface area (Å²) in [5, 5.41) is 0.756. The van der Waals surface area contributed by atoms with Crippen molar-refractivity contribution in [2.75, 3.05) is 24.5 Å². The third-order valence-corrected chi connectivity index (χ3v) is 7.58. The summed E-state index contributed by atoms with van der Waals surface area (Å²) in [4.78, 5) is 23.3. The second-order valence-corrected chi connectivity index (χ2v) is 10.1. The minimum atomic E-state index is 0.0424. The molecule has 0 unspecified atom stereocenters. The highest BCUT2D eigenvalue weighted by molar-refractivity contribution is 8.18. The summed E-state index contributed by atoms with van der Waals surface area (Å²) >= 11 is 1.48. The van der Waals surface area contributed by atoms with E-state index in [4.69, 9.17) is 4.99 Å². The lowest BCUT2D eigenvalue weighted by Gasteiger charge is -2.18. The molecule has 3 aromatic carbocycles. The van der Waals surface area contributed by atoms with Crippen LogP contribution in [0.15, 0.2) is 88.8 Å². The standard InChI is InChI=1S/C30H31N3OS/c1-23-21-27(32-18-8-9-19-32)17-16-25(23)22-28-29(34)33(20-10-13-24-11-4-2-5-12-24)30(35-28)31-26-14-6-3-7-15-26/h2-7,11-12,14-17,21-22H,8-10,13,18-20H2,1H3/b28-22-,31-30?. The number of amides is 1. The van der Waals surface area contributed by atoms with Crippen LogP contribution < -0.4 is 4.90 Å². The van der Waals surface area contributed by atoms with E-state index in [0.29, 0.717) is 6.54 Å². The largest absolute Gasteiger partial charge is 0.372 e. The van der Waals surface area contributed by atoms with Crippen LogP contribution in [0.25, 0.3) is 6.08 Å². The van der Waals surface area contributed by atoms with Gasteiger partial charge in [-0.05, 0) is 91.4 Å². The van der Waals surface area contributed by atoms with Crippen LogP contribution in [-0.2, 0) is 11.2 Å². The van der Waals surface area contributed by atoms with Crippen LogP contribution in [0.3, 0.4) is 0 Å². The molecule has 0 N–H and O–H groups in total. The Morgan fingerprint density at radius 1 is 0.943 bits per heavy atom. The summed E-state index contributed by atoms with van der Waals surface area (Å²) in [5.74, 6) is 0.0424. The summed E-state index contributed by atoms with van der Waals surface area (Å²) in [6.45, 7) is 5.04. The smallest absolute Gasteiger partial charge is 0.266 e. The van der Waals surface area contributed by atoms with Crippen LogP contribution in [-0.4, -0.2) is 35.6 Å². The number of aryl methyl sites for hydroxylation is 2. The lowest BCUT2D eigenvalue weighted by molar-refractivity contribution is -0.122. The molecule has 5 heteroatoms. The van der Waals surface area contributed by atoms with Crippen LogP contribution in [0.5, 0.6) is 0 Å². The molecule has 178 valence electrons. The Hall–Kier alpha value is -3.31. The number of carbonyl (C=O) groups excluding carboxylic acids is 1. The van der Waals surface area contributed by atoms with Crippen LogP contribution in [0.1, 0.15) is 36.0 Å². The topological polar surface area (TPSA) is 35.9 Å². The van der Waals surface area contributed by atoms with E-state index in [-0.39, 0.29) is 5.91 Å². The zero-order valence-electron chi connectivity index (χ0n) is 20.2. The molecule has 0 aliphatic carbocycles. The molecule has 0 saturated carbocycles. The molecule has 0 spiro atoms. The zero-order chi connectivity index (χ0) is 24.0. The Bertz CT molecular complexity index is 1230. The van der Waals surface area contributed by atoms with Crippen LogP contribution in [0, 0.1) is 6.92 Å². The van der Waals surface area contributed by atoms with Gasteiger partial charge in [0.1, 0.15) is 0 Å². The van der Waals surface area contributed by atoms with E-state index < -0.39 is 0 Å². The molecule has 2 fully saturated rings. The first-order valence-electron chi connectivity index (χ1n) is 12.4. The first-order chi connectivity index (χ1) is 17.2. The van der Waals surface area contributed by atoms with Crippen molar-refractivity contribution in [1.82, 2.24) is 4.90 Å². The van der Waals surface area contributed by atoms with Gasteiger partial charge in [-0.15, -0.1) is 0 Å². The quantitative estimate of drug-likeness (QED) is 0.347. The highest BCUT2D eigenvalue weighted by Gasteiger charge is 2.33. The van der Waals surface area contributed by atoms with E-state index in [1.807, 2.05) is 47.4 Å². The van der Waals surface area contributed by atoms with Crippen molar-refractivity contribution in [1.29, 1.82) is 0 Å². The van der Waals surface area contributed by atoms with E-state index >= 15 is 0 Å². The maximum Gasteiger partial charge on any atom is 0.266 e. The van der Waals surface area contributed by atoms with Gasteiger partial charge in [-0.2, -0.15) is 0 Å². The first kappa shape index (κ1) is 23.4. The summed E-state index contributed by atoms with van der Waals surface area (Å²) in [6.07, 6.45) is 6.39. The van der Waals surface area contributed by atoms with Crippen molar-refractivity contribution in [2.45, 2.75) is 32.6 Å². The number of benzene rings is 3. The molecule has 2 saturated heterocycles. The SMILES string of the molecule is Cc1cc(N2CCCC2)ccc1/C=C1\SC(=Nc2ccccc2)N(CCCc2ccccc2)C1=O. The summed E-state index contributed by atoms with van der Waals surface area (Å²) in [7, 11) is 0. The molecule has 1 amide bonds. The molecule has 5 rings (SSSR count). The van der Waals surface area contributed by atoms with Gasteiger partial charge in [0.15, 0.2) is 5.17 Å². The Labute approximate surface area is 212 Å². The number of hydrogen-bond acceptors (Lipinski definition) is 4. The number of amidine groups is 1. The molecule has 0 bridgehead atoms. The van der Waals surface area contributed by atoms with Gasteiger partial charge in [0.25, 0.3) is 5.91 Å². The number of para-hydroxylation sites is 1. The number of aliphatic imine (C=N–C) groups is 1. The molecule has 0 aromatic heterocycles. The summed E-state index contributed by atoms with van der Waals surface area (Å²) < 4.78 is 0. The van der Waals surface area contributed by atoms with E-state index in [1.165, 1.54) is 41.4 Å². The van der Waals surface area contributed by atoms with Gasteiger partial charge >= 0.3 is 0 Å². The van der Waals surface area contributed by atoms with Crippen molar-refractivity contribution in [3.05, 3.63) is 100 Å². The minimum absolute atomic E-state index is 0.0424. The van der Waals surface area contributed by atoms with Crippen LogP contribution in [0.4, 0.5) is 11.4 Å². The molecule has 2 heterocycles. The Balaban J connectivity index is 1.37. The molecule has 2 aliphatic rings. The summed E-state index contributed by atoms with van der Waals surface area (Å²) in [5.41, 5.74) is 5.72. The van der Waals surface area contributed by atoms with Gasteiger partial charge in [0.05, 0.1) is 10.6 Å². The molecule has 4 nitrogen and oxygen atoms in total. The van der Waals surface area contributed by atoms with Gasteiger partial charge in [-0.1, -0.05) is 54.6 Å². The second-order valence-electron chi connectivity index (χ2n) is 9.12. The average Bonchev–Trinajstić information content (AvgIpc) is 3.52. The predicted molar refractivity (Wildman–Crippen MR) is 148 cm³/mol. The van der Waals surface area contributed by atoms with Gasteiger partial charge < -0.3 is 4.90 Å². The Morgan fingerprint density at radius 2 is 1.66 bits per heavy atom. The van der Waals surface area contributed by atoms with Crippen molar-refractivity contribution in [2.24, 2.45) is 4.99 Å². The van der Waals surface area contributed by atoms with E-state index in [9.17, 15) is 4.79 Å².